The average molecular weight is 192 g/mol. The Labute approximate surface area is 71.6 Å². The molecule has 0 aromatic heterocycles. The topological polar surface area (TPSA) is 80.5 Å². The minimum atomic E-state index is -3.46. The highest BCUT2D eigenvalue weighted by atomic mass is 32.2. The van der Waals surface area contributed by atoms with E-state index in [1.165, 1.54) is 11.8 Å². The van der Waals surface area contributed by atoms with Gasteiger partial charge in [0.1, 0.15) is 0 Å². The lowest BCUT2D eigenvalue weighted by Crippen LogP contribution is -2.33. The molecule has 1 aliphatic rings. The van der Waals surface area contributed by atoms with Gasteiger partial charge in [-0.3, -0.25) is 4.79 Å². The van der Waals surface area contributed by atoms with Crippen LogP contribution in [-0.4, -0.2) is 37.6 Å². The van der Waals surface area contributed by atoms with E-state index in [2.05, 4.69) is 0 Å². The summed E-state index contributed by atoms with van der Waals surface area (Å²) in [6.07, 6.45) is 0.457. The van der Waals surface area contributed by atoms with Crippen molar-refractivity contribution in [2.45, 2.75) is 18.6 Å². The molecule has 1 heterocycles. The number of nitrogens with zero attached hydrogens (tertiary/aromatic N) is 1. The smallest absolute Gasteiger partial charge is 0.219 e. The molecule has 0 spiro atoms. The van der Waals surface area contributed by atoms with Crippen molar-refractivity contribution in [2.75, 3.05) is 13.1 Å². The molecule has 0 saturated carbocycles. The first-order valence-corrected chi connectivity index (χ1v) is 5.29. The quantitative estimate of drug-likeness (QED) is 0.572. The largest absolute Gasteiger partial charge is 0.342 e. The highest BCUT2D eigenvalue weighted by Crippen LogP contribution is 2.14. The number of hydrogen-bond donors (Lipinski definition) is 1. The van der Waals surface area contributed by atoms with Crippen molar-refractivity contribution in [3.63, 3.8) is 0 Å². The summed E-state index contributed by atoms with van der Waals surface area (Å²) < 4.78 is 21.7. The standard InChI is InChI=1S/C6H12N2O3S/c1-5(9)8-3-2-6(4-8)12(7,10)11/h6H,2-4H2,1H3,(H2,7,10,11). The van der Waals surface area contributed by atoms with Crippen molar-refractivity contribution in [3.8, 4) is 0 Å². The summed E-state index contributed by atoms with van der Waals surface area (Å²) in [6.45, 7) is 2.16. The van der Waals surface area contributed by atoms with Gasteiger partial charge in [-0.25, -0.2) is 13.6 Å². The van der Waals surface area contributed by atoms with E-state index in [0.29, 0.717) is 13.0 Å². The number of sulfonamides is 1. The molecular formula is C6H12N2O3S. The first kappa shape index (κ1) is 9.47. The number of likely N-dealkylation sites (tertiary alicyclic amines) is 1. The van der Waals surface area contributed by atoms with Crippen molar-refractivity contribution in [2.24, 2.45) is 5.14 Å². The van der Waals surface area contributed by atoms with Crippen LogP contribution in [0.5, 0.6) is 0 Å². The molecule has 1 rings (SSSR count). The number of nitrogens with two attached hydrogens (primary N) is 1. The van der Waals surface area contributed by atoms with E-state index in [1.54, 1.807) is 0 Å². The Morgan fingerprint density at radius 2 is 2.17 bits per heavy atom. The molecule has 0 aromatic rings. The van der Waals surface area contributed by atoms with E-state index < -0.39 is 15.3 Å². The summed E-state index contributed by atoms with van der Waals surface area (Å²) in [5.74, 6) is -0.0962. The normalized spacial score (nSPS) is 24.5. The second-order valence-electron chi connectivity index (χ2n) is 2.96. The van der Waals surface area contributed by atoms with Crippen LogP contribution in [0.15, 0.2) is 0 Å². The predicted molar refractivity (Wildman–Crippen MR) is 43.8 cm³/mol. The molecule has 0 radical (unpaired) electrons. The zero-order valence-corrected chi connectivity index (χ0v) is 7.67. The second kappa shape index (κ2) is 3.02. The summed E-state index contributed by atoms with van der Waals surface area (Å²) in [5.41, 5.74) is 0. The molecule has 70 valence electrons. The Hall–Kier alpha value is -0.620. The SMILES string of the molecule is CC(=O)N1CCC(S(N)(=O)=O)C1. The number of rotatable bonds is 1. The fraction of sp³-hybridized carbons (Fsp3) is 0.833. The van der Waals surface area contributed by atoms with Gasteiger partial charge in [-0.2, -0.15) is 0 Å². The Kier molecular flexibility index (Phi) is 2.39. The van der Waals surface area contributed by atoms with Gasteiger partial charge < -0.3 is 4.90 Å². The van der Waals surface area contributed by atoms with Crippen molar-refractivity contribution in [1.29, 1.82) is 0 Å². The Morgan fingerprint density at radius 3 is 2.42 bits per heavy atom. The Bertz CT molecular complexity index is 285. The van der Waals surface area contributed by atoms with E-state index >= 15 is 0 Å². The summed E-state index contributed by atoms with van der Waals surface area (Å²) in [6, 6.07) is 0. The van der Waals surface area contributed by atoms with Gasteiger partial charge in [0.2, 0.25) is 15.9 Å². The number of amides is 1. The van der Waals surface area contributed by atoms with Gasteiger partial charge >= 0.3 is 0 Å². The van der Waals surface area contributed by atoms with Crippen LogP contribution in [0.1, 0.15) is 13.3 Å². The maximum atomic E-state index is 10.8. The molecule has 1 saturated heterocycles. The zero-order valence-electron chi connectivity index (χ0n) is 6.86. The van der Waals surface area contributed by atoms with Crippen LogP contribution in [0, 0.1) is 0 Å². The van der Waals surface area contributed by atoms with Crippen LogP contribution in [0.4, 0.5) is 0 Å². The van der Waals surface area contributed by atoms with E-state index in [0.717, 1.165) is 0 Å². The van der Waals surface area contributed by atoms with Gasteiger partial charge in [0.05, 0.1) is 5.25 Å². The third kappa shape index (κ3) is 1.95. The third-order valence-electron chi connectivity index (χ3n) is 2.05. The molecule has 2 N–H and O–H groups in total. The molecule has 1 aliphatic heterocycles. The van der Waals surface area contributed by atoms with Crippen molar-refractivity contribution in [1.82, 2.24) is 4.90 Å². The van der Waals surface area contributed by atoms with Crippen molar-refractivity contribution < 1.29 is 13.2 Å². The first-order chi connectivity index (χ1) is 5.41. The first-order valence-electron chi connectivity index (χ1n) is 3.68. The van der Waals surface area contributed by atoms with Gasteiger partial charge in [0.15, 0.2) is 0 Å². The van der Waals surface area contributed by atoms with Gasteiger partial charge in [0, 0.05) is 20.0 Å². The highest BCUT2D eigenvalue weighted by molar-refractivity contribution is 7.89. The maximum absolute atomic E-state index is 10.8. The van der Waals surface area contributed by atoms with Gasteiger partial charge in [0.25, 0.3) is 0 Å². The van der Waals surface area contributed by atoms with E-state index in [9.17, 15) is 13.2 Å². The van der Waals surface area contributed by atoms with Gasteiger partial charge in [-0.1, -0.05) is 0 Å². The molecule has 0 aromatic carbocycles. The zero-order chi connectivity index (χ0) is 9.35. The van der Waals surface area contributed by atoms with Crippen molar-refractivity contribution >= 4 is 15.9 Å². The van der Waals surface area contributed by atoms with Crippen LogP contribution in [0.3, 0.4) is 0 Å². The molecule has 1 amide bonds. The average Bonchev–Trinajstić information content (AvgIpc) is 2.30. The molecule has 0 aliphatic carbocycles. The molecule has 5 nitrogen and oxygen atoms in total. The minimum absolute atomic E-state index is 0.0962. The molecular weight excluding hydrogens is 180 g/mol. The summed E-state index contributed by atoms with van der Waals surface area (Å²) >= 11 is 0. The third-order valence-corrected chi connectivity index (χ3v) is 3.37. The molecule has 6 heteroatoms. The van der Waals surface area contributed by atoms with Gasteiger partial charge in [-0.15, -0.1) is 0 Å². The fourth-order valence-electron chi connectivity index (χ4n) is 1.28. The summed E-state index contributed by atoms with van der Waals surface area (Å²) in [5, 5.41) is 4.37. The van der Waals surface area contributed by atoms with E-state index in [-0.39, 0.29) is 12.5 Å². The number of carbonyl (C=O) groups is 1. The second-order valence-corrected chi connectivity index (χ2v) is 4.81. The monoisotopic (exact) mass is 192 g/mol. The number of carbonyl (C=O) groups excluding carboxylic acids is 1. The molecule has 1 unspecified atom stereocenters. The predicted octanol–water partition coefficient (Wildman–Crippen LogP) is -1.10. The van der Waals surface area contributed by atoms with Crippen LogP contribution in [0.2, 0.25) is 0 Å². The molecule has 1 fully saturated rings. The van der Waals surface area contributed by atoms with Crippen LogP contribution < -0.4 is 5.14 Å². The number of primary sulfonamides is 1. The lowest BCUT2D eigenvalue weighted by Gasteiger charge is -2.12. The van der Waals surface area contributed by atoms with E-state index in [4.69, 9.17) is 5.14 Å². The van der Waals surface area contributed by atoms with Crippen LogP contribution >= 0.6 is 0 Å². The van der Waals surface area contributed by atoms with Crippen molar-refractivity contribution in [3.05, 3.63) is 0 Å². The molecule has 12 heavy (non-hydrogen) atoms. The highest BCUT2D eigenvalue weighted by Gasteiger charge is 2.31. The lowest BCUT2D eigenvalue weighted by atomic mass is 10.4. The lowest BCUT2D eigenvalue weighted by molar-refractivity contribution is -0.127. The Balaban J connectivity index is 2.64. The summed E-state index contributed by atoms with van der Waals surface area (Å²) in [4.78, 5) is 12.3. The van der Waals surface area contributed by atoms with Crippen LogP contribution in [-0.2, 0) is 14.8 Å². The number of hydrogen-bond acceptors (Lipinski definition) is 3. The Morgan fingerprint density at radius 1 is 1.58 bits per heavy atom. The molecule has 0 bridgehead atoms. The van der Waals surface area contributed by atoms with Gasteiger partial charge in [-0.05, 0) is 6.42 Å². The van der Waals surface area contributed by atoms with E-state index in [1.807, 2.05) is 0 Å². The maximum Gasteiger partial charge on any atom is 0.219 e. The minimum Gasteiger partial charge on any atom is -0.342 e. The summed E-state index contributed by atoms with van der Waals surface area (Å²) in [7, 11) is -3.46. The fourth-order valence-corrected chi connectivity index (χ4v) is 2.10. The van der Waals surface area contributed by atoms with Crippen LogP contribution in [0.25, 0.3) is 0 Å². The molecule has 1 atom stereocenters.